The highest BCUT2D eigenvalue weighted by Gasteiger charge is 2.30. The molecule has 0 aliphatic carbocycles. The maximum Gasteiger partial charge on any atom is 0.162 e. The van der Waals surface area contributed by atoms with Gasteiger partial charge in [0.2, 0.25) is 0 Å². The Morgan fingerprint density at radius 3 is 2.77 bits per heavy atom. The van der Waals surface area contributed by atoms with Crippen molar-refractivity contribution in [3.8, 4) is 11.4 Å². The van der Waals surface area contributed by atoms with Gasteiger partial charge in [0.15, 0.2) is 21.5 Å². The van der Waals surface area contributed by atoms with Gasteiger partial charge in [0.05, 0.1) is 46.1 Å². The molecule has 2 fully saturated rings. The number of aromatic nitrogens is 4. The first-order valence-corrected chi connectivity index (χ1v) is 16.0. The Morgan fingerprint density at radius 1 is 1.15 bits per heavy atom. The zero-order chi connectivity index (χ0) is 26.8. The second-order valence-corrected chi connectivity index (χ2v) is 13.8. The molecular formula is C27H34N6O4S2. The van der Waals surface area contributed by atoms with Gasteiger partial charge in [-0.05, 0) is 44.5 Å². The fourth-order valence-corrected chi connectivity index (χ4v) is 8.47. The van der Waals surface area contributed by atoms with Crippen LogP contribution in [0.3, 0.4) is 0 Å². The van der Waals surface area contributed by atoms with Crippen LogP contribution in [0.4, 0.5) is 5.82 Å². The number of fused-ring (bicyclic) bond motifs is 2. The van der Waals surface area contributed by atoms with E-state index in [-0.39, 0.29) is 11.0 Å². The van der Waals surface area contributed by atoms with Crippen LogP contribution in [0.2, 0.25) is 0 Å². The number of H-pyrrole nitrogens is 1. The molecule has 2 aliphatic rings. The normalized spacial score (nSPS) is 17.9. The van der Waals surface area contributed by atoms with E-state index in [2.05, 4.69) is 26.1 Å². The van der Waals surface area contributed by atoms with Gasteiger partial charge in [-0.3, -0.25) is 10.00 Å². The van der Waals surface area contributed by atoms with Crippen molar-refractivity contribution in [2.24, 2.45) is 0 Å². The summed E-state index contributed by atoms with van der Waals surface area (Å²) >= 11 is 1.74. The summed E-state index contributed by atoms with van der Waals surface area (Å²) in [5.41, 5.74) is 2.86. The Labute approximate surface area is 232 Å². The van der Waals surface area contributed by atoms with Crippen molar-refractivity contribution in [3.05, 3.63) is 35.3 Å². The van der Waals surface area contributed by atoms with E-state index in [1.165, 1.54) is 4.88 Å². The monoisotopic (exact) mass is 570 g/mol. The second kappa shape index (κ2) is 11.5. The van der Waals surface area contributed by atoms with Crippen molar-refractivity contribution in [2.45, 2.75) is 31.1 Å². The van der Waals surface area contributed by atoms with Crippen LogP contribution in [-0.4, -0.2) is 97.6 Å². The molecule has 1 aromatic carbocycles. The summed E-state index contributed by atoms with van der Waals surface area (Å²) < 4.78 is 37.2. The Bertz CT molecular complexity index is 1540. The number of rotatable bonds is 9. The lowest BCUT2D eigenvalue weighted by molar-refractivity contribution is 0.122. The quantitative estimate of drug-likeness (QED) is 0.302. The third-order valence-corrected chi connectivity index (χ3v) is 11.1. The third-order valence-electron chi connectivity index (χ3n) is 7.64. The van der Waals surface area contributed by atoms with Gasteiger partial charge in [-0.15, -0.1) is 11.3 Å². The maximum absolute atomic E-state index is 12.7. The van der Waals surface area contributed by atoms with Crippen molar-refractivity contribution in [1.29, 1.82) is 0 Å². The molecule has 2 saturated heterocycles. The molecule has 6 rings (SSSR count). The van der Waals surface area contributed by atoms with Crippen molar-refractivity contribution in [2.75, 3.05) is 63.8 Å². The first kappa shape index (κ1) is 26.6. The molecule has 0 unspecified atom stereocenters. The third kappa shape index (κ3) is 5.66. The number of methoxy groups -OCH3 is 1. The van der Waals surface area contributed by atoms with E-state index in [4.69, 9.17) is 19.4 Å². The number of nitrogens with zero attached hydrogens (tertiary/aromatic N) is 5. The van der Waals surface area contributed by atoms with Crippen molar-refractivity contribution in [3.63, 3.8) is 0 Å². The lowest BCUT2D eigenvalue weighted by atomic mass is 10.1. The number of anilines is 1. The summed E-state index contributed by atoms with van der Waals surface area (Å²) in [5.74, 6) is 1.86. The molecule has 39 heavy (non-hydrogen) atoms. The predicted octanol–water partition coefficient (Wildman–Crippen LogP) is 3.49. The van der Waals surface area contributed by atoms with Gasteiger partial charge in [0, 0.05) is 49.2 Å². The molecule has 3 aromatic heterocycles. The van der Waals surface area contributed by atoms with Crippen LogP contribution in [0.5, 0.6) is 0 Å². The molecule has 10 nitrogen and oxygen atoms in total. The largest absolute Gasteiger partial charge is 0.385 e. The summed E-state index contributed by atoms with van der Waals surface area (Å²) in [5, 5.41) is 8.01. The Morgan fingerprint density at radius 2 is 1.97 bits per heavy atom. The number of benzene rings is 1. The predicted molar refractivity (Wildman–Crippen MR) is 154 cm³/mol. The number of sulfone groups is 1. The number of likely N-dealkylation sites (tertiary alicyclic amines) is 1. The molecule has 5 heterocycles. The van der Waals surface area contributed by atoms with Gasteiger partial charge >= 0.3 is 0 Å². The number of hydrogen-bond acceptors (Lipinski definition) is 10. The molecule has 0 radical (unpaired) electrons. The van der Waals surface area contributed by atoms with Gasteiger partial charge in [0.25, 0.3) is 0 Å². The topological polar surface area (TPSA) is 114 Å². The fraction of sp³-hybridized carbons (Fsp3) is 0.519. The molecule has 0 saturated carbocycles. The number of morpholine rings is 1. The summed E-state index contributed by atoms with van der Waals surface area (Å²) in [6, 6.07) is 8.23. The van der Waals surface area contributed by atoms with Crippen molar-refractivity contribution in [1.82, 2.24) is 25.1 Å². The van der Waals surface area contributed by atoms with Gasteiger partial charge in [-0.2, -0.15) is 5.10 Å². The second-order valence-electron chi connectivity index (χ2n) is 10.2. The number of hydrogen-bond donors (Lipinski definition) is 1. The highest BCUT2D eigenvalue weighted by Crippen LogP contribution is 2.36. The molecule has 0 bridgehead atoms. The van der Waals surface area contributed by atoms with E-state index in [1.807, 2.05) is 24.4 Å². The zero-order valence-corrected chi connectivity index (χ0v) is 23.8. The molecule has 12 heteroatoms. The minimum absolute atomic E-state index is 0.208. The number of thiophene rings is 1. The lowest BCUT2D eigenvalue weighted by Crippen LogP contribution is -2.39. The fourth-order valence-electron chi connectivity index (χ4n) is 5.53. The van der Waals surface area contributed by atoms with E-state index < -0.39 is 9.84 Å². The molecule has 0 amide bonds. The van der Waals surface area contributed by atoms with Crippen LogP contribution in [-0.2, 0) is 25.9 Å². The van der Waals surface area contributed by atoms with Gasteiger partial charge in [-0.1, -0.05) is 12.1 Å². The molecule has 0 atom stereocenters. The highest BCUT2D eigenvalue weighted by atomic mass is 32.2. The maximum atomic E-state index is 12.7. The van der Waals surface area contributed by atoms with E-state index in [0.29, 0.717) is 44.9 Å². The average molecular weight is 571 g/mol. The molecule has 2 aliphatic heterocycles. The summed E-state index contributed by atoms with van der Waals surface area (Å²) in [6.07, 6.45) is 3.74. The summed E-state index contributed by atoms with van der Waals surface area (Å²) in [7, 11) is -1.47. The van der Waals surface area contributed by atoms with Crippen LogP contribution >= 0.6 is 11.3 Å². The van der Waals surface area contributed by atoms with Crippen LogP contribution in [0.15, 0.2) is 30.5 Å². The van der Waals surface area contributed by atoms with Gasteiger partial charge in [0.1, 0.15) is 0 Å². The van der Waals surface area contributed by atoms with E-state index >= 15 is 0 Å². The first-order chi connectivity index (χ1) is 19.0. The molecule has 208 valence electrons. The number of nitrogens with one attached hydrogen (secondary N) is 1. The molecular weight excluding hydrogens is 536 g/mol. The Balaban J connectivity index is 1.25. The molecule has 1 N–H and O–H groups in total. The highest BCUT2D eigenvalue weighted by molar-refractivity contribution is 7.92. The molecule has 4 aromatic rings. The number of aromatic amines is 1. The minimum Gasteiger partial charge on any atom is -0.385 e. The van der Waals surface area contributed by atoms with Crippen LogP contribution in [0, 0.1) is 0 Å². The minimum atomic E-state index is -3.08. The number of ether oxygens (including phenoxy) is 2. The van der Waals surface area contributed by atoms with E-state index in [9.17, 15) is 8.42 Å². The lowest BCUT2D eigenvalue weighted by Gasteiger charge is -2.31. The van der Waals surface area contributed by atoms with Gasteiger partial charge < -0.3 is 14.4 Å². The Hall–Kier alpha value is -2.64. The van der Waals surface area contributed by atoms with Crippen LogP contribution in [0.25, 0.3) is 32.5 Å². The average Bonchev–Trinajstić information content (AvgIpc) is 3.60. The van der Waals surface area contributed by atoms with Crippen molar-refractivity contribution < 1.29 is 17.9 Å². The van der Waals surface area contributed by atoms with E-state index in [0.717, 1.165) is 65.2 Å². The van der Waals surface area contributed by atoms with Crippen LogP contribution in [0.1, 0.15) is 24.1 Å². The molecule has 0 spiro atoms. The first-order valence-electron chi connectivity index (χ1n) is 13.5. The van der Waals surface area contributed by atoms with E-state index in [1.54, 1.807) is 18.4 Å². The zero-order valence-electron chi connectivity index (χ0n) is 22.1. The number of piperidine rings is 1. The smallest absolute Gasteiger partial charge is 0.162 e. The standard InChI is InChI=1S/C27H34N6O4S2/c1-36-12-3-15-39(34,35)20-6-8-32(9-7-20)18-19-16-24-25(38-19)27(33-10-13-37-14-11-33)30-26(29-24)21-4-2-5-23-22(21)17-28-31-23/h2,4-5,16-17,20H,3,6-15,18H2,1H3,(H,28,31). The summed E-state index contributed by atoms with van der Waals surface area (Å²) in [6.45, 7) is 5.77. The van der Waals surface area contributed by atoms with Crippen molar-refractivity contribution >= 4 is 48.1 Å². The van der Waals surface area contributed by atoms with Gasteiger partial charge in [-0.25, -0.2) is 18.4 Å². The SMILES string of the molecule is COCCCS(=O)(=O)C1CCN(Cc2cc3nc(-c4cccc5[nH]ncc45)nc(N4CCOCC4)c3s2)CC1. The van der Waals surface area contributed by atoms with Crippen LogP contribution < -0.4 is 4.90 Å². The summed E-state index contributed by atoms with van der Waals surface area (Å²) in [4.78, 5) is 16.0. The Kier molecular flexibility index (Phi) is 7.81.